The van der Waals surface area contributed by atoms with Crippen LogP contribution in [0.2, 0.25) is 0 Å². The zero-order chi connectivity index (χ0) is 15.2. The fourth-order valence-electron chi connectivity index (χ4n) is 2.54. The first-order valence-electron chi connectivity index (χ1n) is 8.22. The number of hydrogen-bond donors (Lipinski definition) is 1. The van der Waals surface area contributed by atoms with Crippen molar-refractivity contribution in [3.05, 3.63) is 42.5 Å². The van der Waals surface area contributed by atoms with Gasteiger partial charge < -0.3 is 10.1 Å². The van der Waals surface area contributed by atoms with E-state index in [2.05, 4.69) is 29.6 Å². The summed E-state index contributed by atoms with van der Waals surface area (Å²) in [7, 11) is 0. The lowest BCUT2D eigenvalue weighted by Crippen LogP contribution is -2.24. The third kappa shape index (κ3) is 4.48. The molecule has 1 aliphatic rings. The van der Waals surface area contributed by atoms with Crippen LogP contribution in [0, 0.1) is 0 Å². The fraction of sp³-hybridized carbons (Fsp3) is 0.421. The molecule has 3 rings (SSSR count). The Morgan fingerprint density at radius 3 is 2.68 bits per heavy atom. The van der Waals surface area contributed by atoms with Gasteiger partial charge in [0.25, 0.3) is 0 Å². The second-order valence-electron chi connectivity index (χ2n) is 6.01. The van der Waals surface area contributed by atoms with Crippen molar-refractivity contribution in [2.75, 3.05) is 6.61 Å². The molecule has 2 aromatic carbocycles. The van der Waals surface area contributed by atoms with Gasteiger partial charge in [0.15, 0.2) is 0 Å². The van der Waals surface area contributed by atoms with Crippen LogP contribution in [0.4, 0.5) is 0 Å². The van der Waals surface area contributed by atoms with Crippen LogP contribution in [0.1, 0.15) is 38.5 Å². The lowest BCUT2D eigenvalue weighted by molar-refractivity contribution is -0.121. The molecule has 1 amide bonds. The summed E-state index contributed by atoms with van der Waals surface area (Å²) >= 11 is 0. The number of rotatable bonds is 8. The van der Waals surface area contributed by atoms with Crippen LogP contribution < -0.4 is 10.1 Å². The number of hydrogen-bond acceptors (Lipinski definition) is 2. The smallest absolute Gasteiger partial charge is 0.220 e. The molecule has 0 aliphatic heterocycles. The molecular formula is C19H23NO2. The molecule has 2 aromatic rings. The minimum atomic E-state index is 0.206. The van der Waals surface area contributed by atoms with Crippen LogP contribution in [-0.4, -0.2) is 18.6 Å². The van der Waals surface area contributed by atoms with E-state index in [1.54, 1.807) is 0 Å². The quantitative estimate of drug-likeness (QED) is 0.746. The van der Waals surface area contributed by atoms with Gasteiger partial charge in [-0.05, 0) is 55.0 Å². The van der Waals surface area contributed by atoms with Crippen molar-refractivity contribution in [1.82, 2.24) is 5.32 Å². The van der Waals surface area contributed by atoms with Gasteiger partial charge in [0.05, 0.1) is 6.61 Å². The first kappa shape index (κ1) is 14.9. The molecule has 3 nitrogen and oxygen atoms in total. The second-order valence-corrected chi connectivity index (χ2v) is 6.01. The first-order valence-corrected chi connectivity index (χ1v) is 8.22. The number of amides is 1. The Kier molecular flexibility index (Phi) is 4.94. The lowest BCUT2D eigenvalue weighted by Gasteiger charge is -2.07. The molecule has 1 saturated carbocycles. The van der Waals surface area contributed by atoms with Gasteiger partial charge >= 0.3 is 0 Å². The Hall–Kier alpha value is -2.03. The summed E-state index contributed by atoms with van der Waals surface area (Å²) in [6, 6.07) is 15.0. The first-order chi connectivity index (χ1) is 10.8. The van der Waals surface area contributed by atoms with Gasteiger partial charge in [-0.1, -0.05) is 30.3 Å². The average Bonchev–Trinajstić information content (AvgIpc) is 3.34. The van der Waals surface area contributed by atoms with Crippen molar-refractivity contribution in [2.24, 2.45) is 0 Å². The molecule has 0 saturated heterocycles. The minimum Gasteiger partial charge on any atom is -0.494 e. The van der Waals surface area contributed by atoms with Gasteiger partial charge in [-0.15, -0.1) is 0 Å². The molecule has 1 fully saturated rings. The number of nitrogens with one attached hydrogen (secondary N) is 1. The van der Waals surface area contributed by atoms with E-state index in [1.165, 1.54) is 10.8 Å². The van der Waals surface area contributed by atoms with E-state index in [1.807, 2.05) is 18.2 Å². The number of carbonyl (C=O) groups is 1. The summed E-state index contributed by atoms with van der Waals surface area (Å²) in [6.07, 6.45) is 5.93. The summed E-state index contributed by atoms with van der Waals surface area (Å²) in [5, 5.41) is 5.46. The van der Waals surface area contributed by atoms with Crippen molar-refractivity contribution >= 4 is 16.7 Å². The Morgan fingerprint density at radius 1 is 1.05 bits per heavy atom. The highest BCUT2D eigenvalue weighted by atomic mass is 16.5. The van der Waals surface area contributed by atoms with Crippen LogP contribution in [0.25, 0.3) is 10.8 Å². The standard InChI is InChI=1S/C19H23NO2/c21-19(20-17-10-11-17)8-2-1-5-13-22-18-12-9-15-6-3-4-7-16(15)14-18/h3-4,6-7,9,12,14,17H,1-2,5,8,10-11,13H2,(H,20,21). The van der Waals surface area contributed by atoms with Crippen molar-refractivity contribution in [3.63, 3.8) is 0 Å². The summed E-state index contributed by atoms with van der Waals surface area (Å²) in [5.41, 5.74) is 0. The fourth-order valence-corrected chi connectivity index (χ4v) is 2.54. The van der Waals surface area contributed by atoms with E-state index >= 15 is 0 Å². The van der Waals surface area contributed by atoms with Gasteiger partial charge in [-0.25, -0.2) is 0 Å². The Bertz CT molecular complexity index is 634. The molecule has 0 bridgehead atoms. The SMILES string of the molecule is O=C(CCCCCOc1ccc2ccccc2c1)NC1CC1. The average molecular weight is 297 g/mol. The molecular weight excluding hydrogens is 274 g/mol. The Morgan fingerprint density at radius 2 is 1.86 bits per heavy atom. The summed E-state index contributed by atoms with van der Waals surface area (Å²) in [4.78, 5) is 11.5. The monoisotopic (exact) mass is 297 g/mol. The van der Waals surface area contributed by atoms with Crippen LogP contribution >= 0.6 is 0 Å². The van der Waals surface area contributed by atoms with Crippen LogP contribution in [0.15, 0.2) is 42.5 Å². The number of carbonyl (C=O) groups excluding carboxylic acids is 1. The van der Waals surface area contributed by atoms with E-state index in [0.29, 0.717) is 19.1 Å². The van der Waals surface area contributed by atoms with Crippen molar-refractivity contribution in [1.29, 1.82) is 0 Å². The number of unbranched alkanes of at least 4 members (excludes halogenated alkanes) is 2. The topological polar surface area (TPSA) is 38.3 Å². The van der Waals surface area contributed by atoms with Crippen LogP contribution in [0.5, 0.6) is 5.75 Å². The second kappa shape index (κ2) is 7.30. The molecule has 3 heteroatoms. The molecule has 116 valence electrons. The molecule has 0 atom stereocenters. The van der Waals surface area contributed by atoms with Crippen molar-refractivity contribution in [3.8, 4) is 5.75 Å². The number of benzene rings is 2. The highest BCUT2D eigenvalue weighted by molar-refractivity contribution is 5.83. The molecule has 0 heterocycles. The molecule has 22 heavy (non-hydrogen) atoms. The maximum Gasteiger partial charge on any atom is 0.220 e. The van der Waals surface area contributed by atoms with Crippen molar-refractivity contribution < 1.29 is 9.53 Å². The zero-order valence-corrected chi connectivity index (χ0v) is 12.9. The highest BCUT2D eigenvalue weighted by Gasteiger charge is 2.22. The van der Waals surface area contributed by atoms with E-state index in [-0.39, 0.29) is 5.91 Å². The van der Waals surface area contributed by atoms with E-state index < -0.39 is 0 Å². The summed E-state index contributed by atoms with van der Waals surface area (Å²) in [6.45, 7) is 0.711. The third-order valence-electron chi connectivity index (χ3n) is 3.98. The van der Waals surface area contributed by atoms with Gasteiger partial charge in [-0.3, -0.25) is 4.79 Å². The number of ether oxygens (including phenoxy) is 1. The molecule has 0 radical (unpaired) electrons. The zero-order valence-electron chi connectivity index (χ0n) is 12.9. The molecule has 0 aromatic heterocycles. The normalized spacial score (nSPS) is 14.0. The Labute approximate surface area is 131 Å². The maximum absolute atomic E-state index is 11.5. The minimum absolute atomic E-state index is 0.206. The summed E-state index contributed by atoms with van der Waals surface area (Å²) < 4.78 is 5.80. The van der Waals surface area contributed by atoms with E-state index in [0.717, 1.165) is 37.9 Å². The molecule has 0 spiro atoms. The van der Waals surface area contributed by atoms with E-state index in [4.69, 9.17) is 4.74 Å². The van der Waals surface area contributed by atoms with Gasteiger partial charge in [-0.2, -0.15) is 0 Å². The third-order valence-corrected chi connectivity index (χ3v) is 3.98. The molecule has 0 unspecified atom stereocenters. The molecule has 1 N–H and O–H groups in total. The van der Waals surface area contributed by atoms with Gasteiger partial charge in [0.2, 0.25) is 5.91 Å². The predicted molar refractivity (Wildman–Crippen MR) is 89.1 cm³/mol. The van der Waals surface area contributed by atoms with Gasteiger partial charge in [0.1, 0.15) is 5.75 Å². The maximum atomic E-state index is 11.5. The van der Waals surface area contributed by atoms with Gasteiger partial charge in [0, 0.05) is 12.5 Å². The lowest BCUT2D eigenvalue weighted by atomic mass is 10.1. The Balaban J connectivity index is 1.32. The van der Waals surface area contributed by atoms with Crippen molar-refractivity contribution in [2.45, 2.75) is 44.6 Å². The predicted octanol–water partition coefficient (Wildman–Crippen LogP) is 4.06. The van der Waals surface area contributed by atoms with E-state index in [9.17, 15) is 4.79 Å². The highest BCUT2D eigenvalue weighted by Crippen LogP contribution is 2.21. The van der Waals surface area contributed by atoms with Crippen LogP contribution in [-0.2, 0) is 4.79 Å². The largest absolute Gasteiger partial charge is 0.494 e. The van der Waals surface area contributed by atoms with Crippen LogP contribution in [0.3, 0.4) is 0 Å². The summed E-state index contributed by atoms with van der Waals surface area (Å²) in [5.74, 6) is 1.13. The molecule has 1 aliphatic carbocycles. The number of fused-ring (bicyclic) bond motifs is 1.